The molecule has 2 aromatic rings. The van der Waals surface area contributed by atoms with Crippen molar-refractivity contribution in [3.63, 3.8) is 0 Å². The highest BCUT2D eigenvalue weighted by Gasteiger charge is 2.22. The van der Waals surface area contributed by atoms with Crippen molar-refractivity contribution in [2.24, 2.45) is 7.05 Å². The first-order chi connectivity index (χ1) is 10.8. The third kappa shape index (κ3) is 3.41. The van der Waals surface area contributed by atoms with Gasteiger partial charge >= 0.3 is 0 Å². The van der Waals surface area contributed by atoms with Crippen LogP contribution in [0, 0.1) is 6.92 Å². The molecule has 0 aliphatic carbocycles. The average Bonchev–Trinajstić information content (AvgIpc) is 2.82. The average molecular weight is 314 g/mol. The van der Waals surface area contributed by atoms with E-state index < -0.39 is 0 Å². The van der Waals surface area contributed by atoms with Crippen LogP contribution in [0.1, 0.15) is 39.0 Å². The lowest BCUT2D eigenvalue weighted by Crippen LogP contribution is -2.24. The molecule has 6 heteroatoms. The van der Waals surface area contributed by atoms with Crippen molar-refractivity contribution in [2.75, 3.05) is 19.4 Å². The van der Waals surface area contributed by atoms with E-state index in [1.54, 1.807) is 38.0 Å². The monoisotopic (exact) mass is 314 g/mol. The number of aromatic nitrogens is 2. The van der Waals surface area contributed by atoms with Gasteiger partial charge in [-0.25, -0.2) is 0 Å². The van der Waals surface area contributed by atoms with Crippen LogP contribution in [0.3, 0.4) is 0 Å². The fourth-order valence-corrected chi connectivity index (χ4v) is 2.20. The summed E-state index contributed by atoms with van der Waals surface area (Å²) in [5, 5.41) is 7.04. The first-order valence-corrected chi connectivity index (χ1v) is 7.50. The maximum Gasteiger partial charge on any atom is 0.276 e. The number of hydrogen-bond donors (Lipinski definition) is 1. The Bertz CT molecular complexity index is 730. The van der Waals surface area contributed by atoms with Gasteiger partial charge in [0.1, 0.15) is 0 Å². The summed E-state index contributed by atoms with van der Waals surface area (Å²) in [7, 11) is 5.05. The number of rotatable bonds is 4. The molecule has 2 rings (SSSR count). The van der Waals surface area contributed by atoms with Crippen LogP contribution in [0.25, 0.3) is 0 Å². The number of aryl methyl sites for hydroxylation is 2. The predicted molar refractivity (Wildman–Crippen MR) is 89.7 cm³/mol. The van der Waals surface area contributed by atoms with E-state index in [0.29, 0.717) is 11.3 Å². The molecule has 0 radical (unpaired) electrons. The highest BCUT2D eigenvalue weighted by atomic mass is 16.2. The van der Waals surface area contributed by atoms with E-state index in [-0.39, 0.29) is 17.5 Å². The SMILES string of the molecule is CCc1ccc(C(=O)Nc2c(C(=O)N(C)C)nn(C)c2C)cc1. The largest absolute Gasteiger partial charge is 0.343 e. The van der Waals surface area contributed by atoms with Gasteiger partial charge in [-0.1, -0.05) is 19.1 Å². The molecule has 6 nitrogen and oxygen atoms in total. The second kappa shape index (κ2) is 6.64. The van der Waals surface area contributed by atoms with Gasteiger partial charge in [-0.05, 0) is 31.0 Å². The van der Waals surface area contributed by atoms with Crippen molar-refractivity contribution in [2.45, 2.75) is 20.3 Å². The number of nitrogens with one attached hydrogen (secondary N) is 1. The number of amides is 2. The number of benzene rings is 1. The van der Waals surface area contributed by atoms with Gasteiger partial charge in [-0.3, -0.25) is 14.3 Å². The summed E-state index contributed by atoms with van der Waals surface area (Å²) < 4.78 is 1.59. The van der Waals surface area contributed by atoms with E-state index in [2.05, 4.69) is 17.3 Å². The molecular weight excluding hydrogens is 292 g/mol. The van der Waals surface area contributed by atoms with Crippen LogP contribution in [0.2, 0.25) is 0 Å². The van der Waals surface area contributed by atoms with Gasteiger partial charge in [0.15, 0.2) is 5.69 Å². The fourth-order valence-electron chi connectivity index (χ4n) is 2.20. The molecule has 1 aromatic carbocycles. The van der Waals surface area contributed by atoms with Crippen LogP contribution in [0.4, 0.5) is 5.69 Å². The molecule has 0 fully saturated rings. The fraction of sp³-hybridized carbons (Fsp3) is 0.353. The lowest BCUT2D eigenvalue weighted by molar-refractivity contribution is 0.0822. The summed E-state index contributed by atoms with van der Waals surface area (Å²) in [6, 6.07) is 7.43. The Morgan fingerprint density at radius 1 is 1.22 bits per heavy atom. The van der Waals surface area contributed by atoms with Crippen molar-refractivity contribution in [1.29, 1.82) is 0 Å². The highest BCUT2D eigenvalue weighted by molar-refractivity contribution is 6.08. The van der Waals surface area contributed by atoms with Crippen LogP contribution in [0.5, 0.6) is 0 Å². The topological polar surface area (TPSA) is 67.2 Å². The first kappa shape index (κ1) is 16.7. The highest BCUT2D eigenvalue weighted by Crippen LogP contribution is 2.21. The van der Waals surface area contributed by atoms with Gasteiger partial charge in [-0.2, -0.15) is 5.10 Å². The zero-order valence-corrected chi connectivity index (χ0v) is 14.2. The second-order valence-electron chi connectivity index (χ2n) is 5.64. The van der Waals surface area contributed by atoms with Gasteiger partial charge in [0.25, 0.3) is 11.8 Å². The molecule has 0 saturated heterocycles. The standard InChI is InChI=1S/C17H22N4O2/c1-6-12-7-9-13(10-8-12)16(22)18-14-11(2)21(5)19-15(14)17(23)20(3)4/h7-10H,6H2,1-5H3,(H,18,22). The lowest BCUT2D eigenvalue weighted by Gasteiger charge is -2.11. The number of anilines is 1. The van der Waals surface area contributed by atoms with E-state index in [1.165, 1.54) is 10.5 Å². The summed E-state index contributed by atoms with van der Waals surface area (Å²) in [5.74, 6) is -0.498. The van der Waals surface area contributed by atoms with Crippen molar-refractivity contribution in [3.8, 4) is 0 Å². The maximum atomic E-state index is 12.4. The summed E-state index contributed by atoms with van der Waals surface area (Å²) >= 11 is 0. The summed E-state index contributed by atoms with van der Waals surface area (Å²) in [6.07, 6.45) is 0.922. The predicted octanol–water partition coefficient (Wildman–Crippen LogP) is 2.25. The van der Waals surface area contributed by atoms with Gasteiger partial charge in [0.2, 0.25) is 0 Å². The minimum atomic E-state index is -0.253. The molecule has 23 heavy (non-hydrogen) atoms. The van der Waals surface area contributed by atoms with E-state index >= 15 is 0 Å². The van der Waals surface area contributed by atoms with Crippen molar-refractivity contribution < 1.29 is 9.59 Å². The Labute approximate surface area is 136 Å². The normalized spacial score (nSPS) is 10.5. The Balaban J connectivity index is 2.31. The maximum absolute atomic E-state index is 12.4. The van der Waals surface area contributed by atoms with Gasteiger partial charge in [0.05, 0.1) is 11.4 Å². The smallest absolute Gasteiger partial charge is 0.276 e. The van der Waals surface area contributed by atoms with Crippen LogP contribution >= 0.6 is 0 Å². The molecular formula is C17H22N4O2. The Kier molecular flexibility index (Phi) is 4.83. The van der Waals surface area contributed by atoms with Crippen molar-refractivity contribution in [1.82, 2.24) is 14.7 Å². The van der Waals surface area contributed by atoms with Crippen LogP contribution in [0.15, 0.2) is 24.3 Å². The molecule has 2 amide bonds. The zero-order chi connectivity index (χ0) is 17.1. The first-order valence-electron chi connectivity index (χ1n) is 7.50. The molecule has 0 saturated carbocycles. The third-order valence-corrected chi connectivity index (χ3v) is 3.81. The summed E-state index contributed by atoms with van der Waals surface area (Å²) in [5.41, 5.74) is 3.15. The lowest BCUT2D eigenvalue weighted by atomic mass is 10.1. The second-order valence-corrected chi connectivity index (χ2v) is 5.64. The minimum absolute atomic E-state index is 0.244. The van der Waals surface area contributed by atoms with Gasteiger partial charge < -0.3 is 10.2 Å². The van der Waals surface area contributed by atoms with Crippen molar-refractivity contribution >= 4 is 17.5 Å². The molecule has 0 aliphatic rings. The van der Waals surface area contributed by atoms with Crippen LogP contribution in [-0.4, -0.2) is 40.6 Å². The number of hydrogen-bond acceptors (Lipinski definition) is 3. The molecule has 1 N–H and O–H groups in total. The molecule has 0 aliphatic heterocycles. The quantitative estimate of drug-likeness (QED) is 0.941. The Morgan fingerprint density at radius 3 is 2.35 bits per heavy atom. The molecule has 0 spiro atoms. The molecule has 0 atom stereocenters. The summed E-state index contributed by atoms with van der Waals surface area (Å²) in [6.45, 7) is 3.88. The van der Waals surface area contributed by atoms with E-state index in [4.69, 9.17) is 0 Å². The zero-order valence-electron chi connectivity index (χ0n) is 14.2. The molecule has 1 aromatic heterocycles. The number of carbonyl (C=O) groups excluding carboxylic acids is 2. The number of carbonyl (C=O) groups is 2. The third-order valence-electron chi connectivity index (χ3n) is 3.81. The Hall–Kier alpha value is -2.63. The molecule has 122 valence electrons. The van der Waals surface area contributed by atoms with Crippen molar-refractivity contribution in [3.05, 3.63) is 46.8 Å². The van der Waals surface area contributed by atoms with Crippen LogP contribution < -0.4 is 5.32 Å². The van der Waals surface area contributed by atoms with Gasteiger partial charge in [-0.15, -0.1) is 0 Å². The molecule has 0 unspecified atom stereocenters. The van der Waals surface area contributed by atoms with E-state index in [9.17, 15) is 9.59 Å². The summed E-state index contributed by atoms with van der Waals surface area (Å²) in [4.78, 5) is 26.1. The molecule has 1 heterocycles. The minimum Gasteiger partial charge on any atom is -0.343 e. The van der Waals surface area contributed by atoms with E-state index in [1.807, 2.05) is 19.1 Å². The molecule has 0 bridgehead atoms. The van der Waals surface area contributed by atoms with Gasteiger partial charge in [0, 0.05) is 26.7 Å². The van der Waals surface area contributed by atoms with Crippen LogP contribution in [-0.2, 0) is 13.5 Å². The Morgan fingerprint density at radius 2 is 1.83 bits per heavy atom. The number of nitrogens with zero attached hydrogens (tertiary/aromatic N) is 3. The van der Waals surface area contributed by atoms with E-state index in [0.717, 1.165) is 12.1 Å².